The van der Waals surface area contributed by atoms with Gasteiger partial charge >= 0.3 is 5.97 Å². The molecule has 2 atom stereocenters. The lowest BCUT2D eigenvalue weighted by atomic mass is 9.87. The van der Waals surface area contributed by atoms with Crippen molar-refractivity contribution in [3.8, 4) is 0 Å². The summed E-state index contributed by atoms with van der Waals surface area (Å²) in [5, 5.41) is 3.19. The first-order valence-electron chi connectivity index (χ1n) is 5.76. The van der Waals surface area contributed by atoms with E-state index in [1.165, 1.54) is 12.7 Å². The minimum Gasteiger partial charge on any atom is -0.468 e. The minimum atomic E-state index is -0.143. The summed E-state index contributed by atoms with van der Waals surface area (Å²) < 4.78 is 4.76. The Bertz CT molecular complexity index is 284. The number of esters is 1. The number of methoxy groups -OCH3 is 1. The van der Waals surface area contributed by atoms with Crippen molar-refractivity contribution in [2.45, 2.75) is 32.2 Å². The molecule has 1 fully saturated rings. The Morgan fingerprint density at radius 2 is 2.38 bits per heavy atom. The molecule has 1 rings (SSSR count). The van der Waals surface area contributed by atoms with Crippen molar-refractivity contribution in [2.24, 2.45) is 5.92 Å². The van der Waals surface area contributed by atoms with Crippen molar-refractivity contribution >= 4 is 5.97 Å². The first-order chi connectivity index (χ1) is 7.67. The van der Waals surface area contributed by atoms with Gasteiger partial charge in [0.1, 0.15) is 6.04 Å². The number of allylic oxidation sites excluding steroid dienone is 3. The predicted octanol–water partition coefficient (Wildman–Crippen LogP) is 2.05. The van der Waals surface area contributed by atoms with E-state index in [0.29, 0.717) is 5.92 Å². The molecule has 16 heavy (non-hydrogen) atoms. The summed E-state index contributed by atoms with van der Waals surface area (Å²) >= 11 is 0. The van der Waals surface area contributed by atoms with E-state index in [4.69, 9.17) is 4.74 Å². The highest BCUT2D eigenvalue weighted by Crippen LogP contribution is 2.23. The standard InChI is InChI=1S/C13H21NO2/c1-4-5-10(2)8-11-6-7-14-12(9-11)13(15)16-3/h4-5,11-12,14H,1,6-9H2,2-3H3/b10-5+/t11-,12+/m0/s1. The van der Waals surface area contributed by atoms with Gasteiger partial charge in [-0.05, 0) is 38.6 Å². The second-order valence-electron chi connectivity index (χ2n) is 4.37. The van der Waals surface area contributed by atoms with E-state index in [1.54, 1.807) is 0 Å². The molecule has 0 saturated carbocycles. The molecule has 0 amide bonds. The molecule has 90 valence electrons. The Balaban J connectivity index is 2.47. The molecule has 1 saturated heterocycles. The molecule has 0 aliphatic carbocycles. The van der Waals surface area contributed by atoms with E-state index in [9.17, 15) is 4.79 Å². The molecule has 0 bridgehead atoms. The Labute approximate surface area is 97.6 Å². The number of piperidine rings is 1. The number of carbonyl (C=O) groups excluding carboxylic acids is 1. The third kappa shape index (κ3) is 3.81. The van der Waals surface area contributed by atoms with Gasteiger partial charge in [0.2, 0.25) is 0 Å². The van der Waals surface area contributed by atoms with Gasteiger partial charge in [-0.3, -0.25) is 4.79 Å². The zero-order valence-corrected chi connectivity index (χ0v) is 10.2. The minimum absolute atomic E-state index is 0.125. The molecular weight excluding hydrogens is 202 g/mol. The Kier molecular flexibility index (Phi) is 5.26. The second-order valence-corrected chi connectivity index (χ2v) is 4.37. The molecule has 1 aliphatic heterocycles. The maximum absolute atomic E-state index is 11.4. The number of ether oxygens (including phenoxy) is 1. The molecule has 1 heterocycles. The second kappa shape index (κ2) is 6.48. The first-order valence-corrected chi connectivity index (χ1v) is 5.76. The SMILES string of the molecule is C=C/C=C(\C)C[C@@H]1CCN[C@@H](C(=O)OC)C1. The first kappa shape index (κ1) is 13.0. The van der Waals surface area contributed by atoms with Crippen LogP contribution in [0.25, 0.3) is 0 Å². The largest absolute Gasteiger partial charge is 0.468 e. The summed E-state index contributed by atoms with van der Waals surface area (Å²) in [7, 11) is 1.44. The van der Waals surface area contributed by atoms with E-state index in [0.717, 1.165) is 25.8 Å². The maximum atomic E-state index is 11.4. The fourth-order valence-corrected chi connectivity index (χ4v) is 2.23. The summed E-state index contributed by atoms with van der Waals surface area (Å²) in [6.45, 7) is 6.69. The van der Waals surface area contributed by atoms with E-state index in [2.05, 4.69) is 18.8 Å². The van der Waals surface area contributed by atoms with Crippen molar-refractivity contribution in [1.29, 1.82) is 0 Å². The third-order valence-corrected chi connectivity index (χ3v) is 3.01. The van der Waals surface area contributed by atoms with Gasteiger partial charge in [0.15, 0.2) is 0 Å². The third-order valence-electron chi connectivity index (χ3n) is 3.01. The summed E-state index contributed by atoms with van der Waals surface area (Å²) in [6, 6.07) is -0.125. The topological polar surface area (TPSA) is 38.3 Å². The number of carbonyl (C=O) groups is 1. The van der Waals surface area contributed by atoms with Crippen LogP contribution in [0.1, 0.15) is 26.2 Å². The predicted molar refractivity (Wildman–Crippen MR) is 65.1 cm³/mol. The van der Waals surface area contributed by atoms with Crippen LogP contribution in [-0.2, 0) is 9.53 Å². The van der Waals surface area contributed by atoms with Crippen molar-refractivity contribution < 1.29 is 9.53 Å². The lowest BCUT2D eigenvalue weighted by Gasteiger charge is -2.28. The zero-order chi connectivity index (χ0) is 12.0. The number of hydrogen-bond donors (Lipinski definition) is 1. The van der Waals surface area contributed by atoms with Crippen LogP contribution in [0.3, 0.4) is 0 Å². The Morgan fingerprint density at radius 3 is 3.00 bits per heavy atom. The maximum Gasteiger partial charge on any atom is 0.322 e. The summed E-state index contributed by atoms with van der Waals surface area (Å²) in [5.74, 6) is 0.427. The molecule has 0 radical (unpaired) electrons. The molecule has 1 aliphatic rings. The van der Waals surface area contributed by atoms with Gasteiger partial charge in [-0.25, -0.2) is 0 Å². The van der Waals surface area contributed by atoms with Crippen LogP contribution >= 0.6 is 0 Å². The van der Waals surface area contributed by atoms with Crippen LogP contribution in [0.15, 0.2) is 24.3 Å². The van der Waals surface area contributed by atoms with Crippen LogP contribution < -0.4 is 5.32 Å². The molecule has 3 nitrogen and oxygen atoms in total. The van der Waals surface area contributed by atoms with E-state index in [-0.39, 0.29) is 12.0 Å². The van der Waals surface area contributed by atoms with Gasteiger partial charge < -0.3 is 10.1 Å². The van der Waals surface area contributed by atoms with Crippen molar-refractivity contribution in [1.82, 2.24) is 5.32 Å². The fourth-order valence-electron chi connectivity index (χ4n) is 2.23. The van der Waals surface area contributed by atoms with E-state index in [1.807, 2.05) is 12.2 Å². The van der Waals surface area contributed by atoms with Gasteiger partial charge in [0, 0.05) is 0 Å². The smallest absolute Gasteiger partial charge is 0.322 e. The highest BCUT2D eigenvalue weighted by molar-refractivity contribution is 5.75. The summed E-state index contributed by atoms with van der Waals surface area (Å²) in [5.41, 5.74) is 1.32. The number of hydrogen-bond acceptors (Lipinski definition) is 3. The normalized spacial score (nSPS) is 26.2. The summed E-state index contributed by atoms with van der Waals surface area (Å²) in [6.07, 6.45) is 6.88. The molecule has 0 spiro atoms. The molecule has 0 aromatic carbocycles. The molecule has 0 aromatic heterocycles. The number of rotatable bonds is 4. The van der Waals surface area contributed by atoms with Crippen LogP contribution in [0.2, 0.25) is 0 Å². The molecule has 0 aromatic rings. The molecule has 1 N–H and O–H groups in total. The van der Waals surface area contributed by atoms with E-state index >= 15 is 0 Å². The molecule has 3 heteroatoms. The Hall–Kier alpha value is -1.09. The zero-order valence-electron chi connectivity index (χ0n) is 10.2. The molecule has 0 unspecified atom stereocenters. The van der Waals surface area contributed by atoms with Crippen LogP contribution in [0.4, 0.5) is 0 Å². The highest BCUT2D eigenvalue weighted by atomic mass is 16.5. The van der Waals surface area contributed by atoms with Crippen LogP contribution in [-0.4, -0.2) is 25.7 Å². The quantitative estimate of drug-likeness (QED) is 0.585. The van der Waals surface area contributed by atoms with E-state index < -0.39 is 0 Å². The van der Waals surface area contributed by atoms with Crippen LogP contribution in [0.5, 0.6) is 0 Å². The van der Waals surface area contributed by atoms with Crippen molar-refractivity contribution in [3.63, 3.8) is 0 Å². The highest BCUT2D eigenvalue weighted by Gasteiger charge is 2.27. The van der Waals surface area contributed by atoms with Crippen molar-refractivity contribution in [3.05, 3.63) is 24.3 Å². The van der Waals surface area contributed by atoms with Gasteiger partial charge in [0.05, 0.1) is 7.11 Å². The fraction of sp³-hybridized carbons (Fsp3) is 0.615. The van der Waals surface area contributed by atoms with Gasteiger partial charge in [-0.1, -0.05) is 24.3 Å². The average Bonchev–Trinajstić information content (AvgIpc) is 2.28. The lowest BCUT2D eigenvalue weighted by Crippen LogP contribution is -2.44. The molecular formula is C13H21NO2. The summed E-state index contributed by atoms with van der Waals surface area (Å²) in [4.78, 5) is 11.4. The number of nitrogens with one attached hydrogen (secondary N) is 1. The lowest BCUT2D eigenvalue weighted by molar-refractivity contribution is -0.144. The van der Waals surface area contributed by atoms with Crippen LogP contribution in [0, 0.1) is 5.92 Å². The van der Waals surface area contributed by atoms with Gasteiger partial charge in [-0.15, -0.1) is 0 Å². The van der Waals surface area contributed by atoms with Crippen molar-refractivity contribution in [2.75, 3.05) is 13.7 Å². The Morgan fingerprint density at radius 1 is 1.62 bits per heavy atom. The average molecular weight is 223 g/mol. The monoisotopic (exact) mass is 223 g/mol. The van der Waals surface area contributed by atoms with Gasteiger partial charge in [0.25, 0.3) is 0 Å². The van der Waals surface area contributed by atoms with Gasteiger partial charge in [-0.2, -0.15) is 0 Å².